The van der Waals surface area contributed by atoms with E-state index in [9.17, 15) is 14.4 Å². The van der Waals surface area contributed by atoms with Crippen LogP contribution in [0.4, 0.5) is 0 Å². The number of ether oxygens (including phenoxy) is 2. The average molecular weight is 318 g/mol. The standard InChI is InChI=1S/C18H22O5/c1-10-6-8-12(9-7-10)15(19)11(2)14-13(16(20)22-5)17(21)23-18(14,3)4/h6-9,11,13-14H,1-5H3/t11-,13+,14-/m0/s1. The number of hydrogen-bond donors (Lipinski definition) is 0. The molecular weight excluding hydrogens is 296 g/mol. The second kappa shape index (κ2) is 6.14. The van der Waals surface area contributed by atoms with Gasteiger partial charge in [0.2, 0.25) is 0 Å². The maximum Gasteiger partial charge on any atom is 0.321 e. The highest BCUT2D eigenvalue weighted by atomic mass is 16.6. The number of benzene rings is 1. The number of esters is 2. The van der Waals surface area contributed by atoms with Crippen molar-refractivity contribution >= 4 is 17.7 Å². The van der Waals surface area contributed by atoms with Gasteiger partial charge in [0.1, 0.15) is 5.60 Å². The van der Waals surface area contributed by atoms with Crippen molar-refractivity contribution in [1.29, 1.82) is 0 Å². The minimum absolute atomic E-state index is 0.115. The van der Waals surface area contributed by atoms with Crippen LogP contribution in [0, 0.1) is 24.7 Å². The molecule has 0 bridgehead atoms. The molecule has 23 heavy (non-hydrogen) atoms. The summed E-state index contributed by atoms with van der Waals surface area (Å²) in [6.45, 7) is 7.11. The van der Waals surface area contributed by atoms with Crippen LogP contribution in [-0.2, 0) is 19.1 Å². The summed E-state index contributed by atoms with van der Waals surface area (Å²) in [5, 5.41) is 0. The molecule has 0 saturated carbocycles. The van der Waals surface area contributed by atoms with Gasteiger partial charge in [0.15, 0.2) is 11.7 Å². The number of ketones is 1. The van der Waals surface area contributed by atoms with Gasteiger partial charge in [-0.1, -0.05) is 36.8 Å². The van der Waals surface area contributed by atoms with Crippen LogP contribution >= 0.6 is 0 Å². The van der Waals surface area contributed by atoms with Crippen molar-refractivity contribution < 1.29 is 23.9 Å². The first-order valence-corrected chi connectivity index (χ1v) is 7.60. The fourth-order valence-corrected chi connectivity index (χ4v) is 3.34. The quantitative estimate of drug-likeness (QED) is 0.485. The number of methoxy groups -OCH3 is 1. The Labute approximate surface area is 136 Å². The van der Waals surface area contributed by atoms with Gasteiger partial charge >= 0.3 is 11.9 Å². The smallest absolute Gasteiger partial charge is 0.321 e. The third-order valence-electron chi connectivity index (χ3n) is 4.52. The normalized spacial score (nSPS) is 24.0. The van der Waals surface area contributed by atoms with Crippen molar-refractivity contribution in [3.8, 4) is 0 Å². The summed E-state index contributed by atoms with van der Waals surface area (Å²) in [5.74, 6) is -3.60. The van der Waals surface area contributed by atoms with Gasteiger partial charge in [-0.05, 0) is 20.8 Å². The molecule has 1 aliphatic heterocycles. The molecule has 0 aliphatic carbocycles. The average Bonchev–Trinajstić information content (AvgIpc) is 2.74. The van der Waals surface area contributed by atoms with Crippen molar-refractivity contribution in [2.45, 2.75) is 33.3 Å². The third-order valence-corrected chi connectivity index (χ3v) is 4.52. The van der Waals surface area contributed by atoms with E-state index in [1.807, 2.05) is 19.1 Å². The number of cyclic esters (lactones) is 1. The molecule has 0 radical (unpaired) electrons. The topological polar surface area (TPSA) is 69.7 Å². The van der Waals surface area contributed by atoms with E-state index >= 15 is 0 Å². The minimum Gasteiger partial charge on any atom is -0.468 e. The van der Waals surface area contributed by atoms with Gasteiger partial charge in [0.05, 0.1) is 7.11 Å². The summed E-state index contributed by atoms with van der Waals surface area (Å²) in [6, 6.07) is 7.23. The molecule has 1 fully saturated rings. The lowest BCUT2D eigenvalue weighted by Gasteiger charge is -2.30. The van der Waals surface area contributed by atoms with E-state index in [-0.39, 0.29) is 5.78 Å². The molecule has 5 heteroatoms. The summed E-state index contributed by atoms with van der Waals surface area (Å²) >= 11 is 0. The molecule has 1 aromatic carbocycles. The Balaban J connectivity index is 2.35. The SMILES string of the molecule is COC(=O)[C@@H]1C(=O)OC(C)(C)[C@H]1[C@H](C)C(=O)c1ccc(C)cc1. The molecule has 1 saturated heterocycles. The lowest BCUT2D eigenvalue weighted by atomic mass is 9.72. The zero-order valence-electron chi connectivity index (χ0n) is 14.1. The van der Waals surface area contributed by atoms with Gasteiger partial charge in [-0.15, -0.1) is 0 Å². The number of aryl methyl sites for hydroxylation is 1. The van der Waals surface area contributed by atoms with Crippen LogP contribution in [-0.4, -0.2) is 30.4 Å². The molecule has 1 heterocycles. The van der Waals surface area contributed by atoms with Crippen LogP contribution in [0.1, 0.15) is 36.7 Å². The molecular formula is C18H22O5. The zero-order chi connectivity index (χ0) is 17.4. The molecule has 0 amide bonds. The van der Waals surface area contributed by atoms with Crippen LogP contribution in [0.5, 0.6) is 0 Å². The monoisotopic (exact) mass is 318 g/mol. The Morgan fingerprint density at radius 3 is 2.30 bits per heavy atom. The molecule has 1 aliphatic rings. The molecule has 0 unspecified atom stereocenters. The predicted octanol–water partition coefficient (Wildman–Crippen LogP) is 2.55. The van der Waals surface area contributed by atoms with Crippen molar-refractivity contribution in [3.63, 3.8) is 0 Å². The second-order valence-corrected chi connectivity index (χ2v) is 6.57. The predicted molar refractivity (Wildman–Crippen MR) is 83.8 cm³/mol. The number of carbonyl (C=O) groups excluding carboxylic acids is 3. The first kappa shape index (κ1) is 17.2. The van der Waals surface area contributed by atoms with E-state index < -0.39 is 35.3 Å². The van der Waals surface area contributed by atoms with Gasteiger partial charge in [-0.2, -0.15) is 0 Å². The highest BCUT2D eigenvalue weighted by molar-refractivity contribution is 6.01. The highest BCUT2D eigenvalue weighted by Gasteiger charge is 2.57. The summed E-state index contributed by atoms with van der Waals surface area (Å²) < 4.78 is 10.1. The van der Waals surface area contributed by atoms with E-state index in [0.29, 0.717) is 5.56 Å². The Kier molecular flexibility index (Phi) is 4.59. The molecule has 5 nitrogen and oxygen atoms in total. The fourth-order valence-electron chi connectivity index (χ4n) is 3.34. The Bertz CT molecular complexity index is 629. The maximum absolute atomic E-state index is 12.8. The fraction of sp³-hybridized carbons (Fsp3) is 0.500. The molecule has 1 aromatic rings. The van der Waals surface area contributed by atoms with Crippen LogP contribution in [0.15, 0.2) is 24.3 Å². The van der Waals surface area contributed by atoms with Crippen molar-refractivity contribution in [1.82, 2.24) is 0 Å². The number of Topliss-reactive ketones (excluding diaryl/α,β-unsaturated/α-hetero) is 1. The Morgan fingerprint density at radius 1 is 1.22 bits per heavy atom. The Hall–Kier alpha value is -2.17. The van der Waals surface area contributed by atoms with Crippen LogP contribution in [0.2, 0.25) is 0 Å². The van der Waals surface area contributed by atoms with Gasteiger partial charge in [-0.25, -0.2) is 0 Å². The third kappa shape index (κ3) is 3.14. The largest absolute Gasteiger partial charge is 0.468 e. The zero-order valence-corrected chi connectivity index (χ0v) is 14.1. The highest BCUT2D eigenvalue weighted by Crippen LogP contribution is 2.43. The summed E-state index contributed by atoms with van der Waals surface area (Å²) in [7, 11) is 1.23. The molecule has 0 spiro atoms. The second-order valence-electron chi connectivity index (χ2n) is 6.57. The van der Waals surface area contributed by atoms with E-state index in [0.717, 1.165) is 5.56 Å². The lowest BCUT2D eigenvalue weighted by molar-refractivity contribution is -0.156. The summed E-state index contributed by atoms with van der Waals surface area (Å²) in [5.41, 5.74) is 0.707. The molecule has 0 N–H and O–H groups in total. The first-order chi connectivity index (χ1) is 10.7. The number of carbonyl (C=O) groups is 3. The molecule has 3 atom stereocenters. The summed E-state index contributed by atoms with van der Waals surface area (Å²) in [6.07, 6.45) is 0. The van der Waals surface area contributed by atoms with Gasteiger partial charge < -0.3 is 9.47 Å². The number of rotatable bonds is 4. The van der Waals surface area contributed by atoms with Crippen LogP contribution in [0.3, 0.4) is 0 Å². The van der Waals surface area contributed by atoms with E-state index in [1.165, 1.54) is 7.11 Å². The van der Waals surface area contributed by atoms with Crippen molar-refractivity contribution in [2.75, 3.05) is 7.11 Å². The molecule has 124 valence electrons. The molecule has 0 aromatic heterocycles. The maximum atomic E-state index is 12.8. The van der Waals surface area contributed by atoms with Crippen molar-refractivity contribution in [2.24, 2.45) is 17.8 Å². The lowest BCUT2D eigenvalue weighted by Crippen LogP contribution is -2.41. The van der Waals surface area contributed by atoms with Crippen molar-refractivity contribution in [3.05, 3.63) is 35.4 Å². The van der Waals surface area contributed by atoms with E-state index in [4.69, 9.17) is 9.47 Å². The van der Waals surface area contributed by atoms with Gasteiger partial charge in [0, 0.05) is 17.4 Å². The molecule has 2 rings (SSSR count). The number of hydrogen-bond acceptors (Lipinski definition) is 5. The first-order valence-electron chi connectivity index (χ1n) is 7.60. The van der Waals surface area contributed by atoms with E-state index in [1.54, 1.807) is 32.9 Å². The van der Waals surface area contributed by atoms with Crippen LogP contribution in [0.25, 0.3) is 0 Å². The van der Waals surface area contributed by atoms with E-state index in [2.05, 4.69) is 0 Å². The Morgan fingerprint density at radius 2 is 1.78 bits per heavy atom. The minimum atomic E-state index is -1.07. The summed E-state index contributed by atoms with van der Waals surface area (Å²) in [4.78, 5) is 36.8. The van der Waals surface area contributed by atoms with Gasteiger partial charge in [-0.3, -0.25) is 14.4 Å². The van der Waals surface area contributed by atoms with Gasteiger partial charge in [0.25, 0.3) is 0 Å². The van der Waals surface area contributed by atoms with Crippen LogP contribution < -0.4 is 0 Å².